The standard InChI is InChI=1S/C40H46N4O3/c1-41-26-31-23-33(11-13-35(31)40(41)46)44-21-19-42(20-22-44)25-28-15-17-43(18-16-28)32-9-7-30(8-10-32)39-36-14-12-34(45)24-38(36)47-27-37(39)29-5-3-2-4-6-29/h3,5-14,23-24,28,37,39,45H,2,4,15-22,25-27H2,1H3. The van der Waals surface area contributed by atoms with Gasteiger partial charge in [-0.05, 0) is 84.7 Å². The summed E-state index contributed by atoms with van der Waals surface area (Å²) in [5, 5.41) is 10.1. The summed E-state index contributed by atoms with van der Waals surface area (Å²) in [6, 6.07) is 21.3. The molecule has 1 amide bonds. The molecule has 3 aromatic rings. The summed E-state index contributed by atoms with van der Waals surface area (Å²) in [5.74, 6) is 2.39. The smallest absolute Gasteiger partial charge is 0.254 e. The Morgan fingerprint density at radius 2 is 1.62 bits per heavy atom. The van der Waals surface area contributed by atoms with Crippen molar-refractivity contribution in [3.05, 3.63) is 107 Å². The number of carbonyl (C=O) groups is 1. The second-order valence-electron chi connectivity index (χ2n) is 14.1. The fourth-order valence-corrected chi connectivity index (χ4v) is 8.48. The van der Waals surface area contributed by atoms with Gasteiger partial charge in [-0.25, -0.2) is 0 Å². The van der Waals surface area contributed by atoms with E-state index in [0.29, 0.717) is 6.61 Å². The molecule has 0 spiro atoms. The normalized spacial score (nSPS) is 23.4. The molecule has 1 N–H and O–H groups in total. The highest BCUT2D eigenvalue weighted by atomic mass is 16.5. The Kier molecular flexibility index (Phi) is 8.18. The highest BCUT2D eigenvalue weighted by molar-refractivity contribution is 5.98. The lowest BCUT2D eigenvalue weighted by Crippen LogP contribution is -2.49. The fourth-order valence-electron chi connectivity index (χ4n) is 8.48. The molecule has 5 aliphatic rings. The minimum absolute atomic E-state index is 0.141. The van der Waals surface area contributed by atoms with Crippen molar-refractivity contribution in [1.82, 2.24) is 9.80 Å². The number of nitrogens with zero attached hydrogens (tertiary/aromatic N) is 4. The molecule has 0 aromatic heterocycles. The van der Waals surface area contributed by atoms with Gasteiger partial charge >= 0.3 is 0 Å². The highest BCUT2D eigenvalue weighted by Crippen LogP contribution is 2.46. The average Bonchev–Trinajstić information content (AvgIpc) is 3.40. The molecule has 2 saturated heterocycles. The Morgan fingerprint density at radius 1 is 0.851 bits per heavy atom. The molecule has 2 unspecified atom stereocenters. The van der Waals surface area contributed by atoms with E-state index >= 15 is 0 Å². The predicted octanol–water partition coefficient (Wildman–Crippen LogP) is 6.43. The van der Waals surface area contributed by atoms with Crippen molar-refractivity contribution in [1.29, 1.82) is 0 Å². The van der Waals surface area contributed by atoms with Gasteiger partial charge in [-0.3, -0.25) is 9.69 Å². The maximum Gasteiger partial charge on any atom is 0.254 e. The van der Waals surface area contributed by atoms with Crippen LogP contribution in [0.4, 0.5) is 11.4 Å². The maximum absolute atomic E-state index is 12.3. The third-order valence-electron chi connectivity index (χ3n) is 11.2. The Bertz CT molecular complexity index is 1680. The van der Waals surface area contributed by atoms with Gasteiger partial charge in [0.05, 0.1) is 6.61 Å². The summed E-state index contributed by atoms with van der Waals surface area (Å²) in [6.07, 6.45) is 11.6. The minimum atomic E-state index is 0.141. The molecule has 4 heterocycles. The van der Waals surface area contributed by atoms with E-state index in [-0.39, 0.29) is 23.5 Å². The summed E-state index contributed by atoms with van der Waals surface area (Å²) in [5.41, 5.74) is 8.42. The Hall–Kier alpha value is -4.23. The van der Waals surface area contributed by atoms with E-state index in [1.807, 2.05) is 19.2 Å². The van der Waals surface area contributed by atoms with Gasteiger partial charge in [0.15, 0.2) is 0 Å². The minimum Gasteiger partial charge on any atom is -0.508 e. The van der Waals surface area contributed by atoms with E-state index < -0.39 is 0 Å². The number of benzene rings is 3. The maximum atomic E-state index is 12.3. The average molecular weight is 631 g/mol. The van der Waals surface area contributed by atoms with Crippen molar-refractivity contribution in [2.45, 2.75) is 38.1 Å². The molecule has 4 aliphatic heterocycles. The third kappa shape index (κ3) is 6.02. The molecule has 7 nitrogen and oxygen atoms in total. The van der Waals surface area contributed by atoms with E-state index in [0.717, 1.165) is 87.0 Å². The number of anilines is 2. The molecular weight excluding hydrogens is 584 g/mol. The number of rotatable bonds is 6. The Balaban J connectivity index is 0.868. The van der Waals surface area contributed by atoms with E-state index in [1.165, 1.54) is 41.9 Å². The van der Waals surface area contributed by atoms with Crippen LogP contribution in [-0.2, 0) is 6.54 Å². The van der Waals surface area contributed by atoms with Crippen molar-refractivity contribution in [2.75, 3.05) is 69.3 Å². The first-order valence-electron chi connectivity index (χ1n) is 17.5. The van der Waals surface area contributed by atoms with Crippen LogP contribution in [0.15, 0.2) is 84.5 Å². The van der Waals surface area contributed by atoms with Gasteiger partial charge in [-0.1, -0.05) is 36.4 Å². The Morgan fingerprint density at radius 3 is 2.38 bits per heavy atom. The van der Waals surface area contributed by atoms with Gasteiger partial charge in [0.25, 0.3) is 5.91 Å². The lowest BCUT2D eigenvalue weighted by molar-refractivity contribution is 0.0816. The number of aromatic hydroxyl groups is 1. The van der Waals surface area contributed by atoms with Gasteiger partial charge in [0, 0.05) is 99.8 Å². The zero-order valence-corrected chi connectivity index (χ0v) is 27.5. The molecule has 0 radical (unpaired) electrons. The van der Waals surface area contributed by atoms with Crippen LogP contribution in [0.2, 0.25) is 0 Å². The molecule has 47 heavy (non-hydrogen) atoms. The van der Waals surface area contributed by atoms with E-state index in [4.69, 9.17) is 4.74 Å². The van der Waals surface area contributed by atoms with E-state index in [2.05, 4.69) is 69.3 Å². The predicted molar refractivity (Wildman–Crippen MR) is 188 cm³/mol. The van der Waals surface area contributed by atoms with E-state index in [1.54, 1.807) is 17.0 Å². The number of phenols is 1. The van der Waals surface area contributed by atoms with Crippen LogP contribution in [0, 0.1) is 11.8 Å². The fraction of sp³-hybridized carbons (Fsp3) is 0.425. The highest BCUT2D eigenvalue weighted by Gasteiger charge is 2.35. The molecule has 2 fully saturated rings. The lowest BCUT2D eigenvalue weighted by Gasteiger charge is -2.40. The van der Waals surface area contributed by atoms with Gasteiger partial charge < -0.3 is 24.5 Å². The van der Waals surface area contributed by atoms with Crippen molar-refractivity contribution in [3.8, 4) is 11.5 Å². The van der Waals surface area contributed by atoms with Crippen molar-refractivity contribution in [3.63, 3.8) is 0 Å². The van der Waals surface area contributed by atoms with Crippen LogP contribution < -0.4 is 14.5 Å². The summed E-state index contributed by atoms with van der Waals surface area (Å²) < 4.78 is 6.19. The Labute approximate surface area is 278 Å². The SMILES string of the molecule is CN1Cc2cc(N3CCN(CC4CCN(c5ccc(C6c7ccc(O)cc7OCC6C6=CCCC=C6)cc5)CC4)CC3)ccc2C1=O. The molecule has 8 rings (SSSR count). The van der Waals surface area contributed by atoms with Crippen molar-refractivity contribution in [2.24, 2.45) is 11.8 Å². The quantitative estimate of drug-likeness (QED) is 0.339. The summed E-state index contributed by atoms with van der Waals surface area (Å²) in [7, 11) is 1.88. The number of hydrogen-bond donors (Lipinski definition) is 1. The zero-order valence-electron chi connectivity index (χ0n) is 27.5. The number of ether oxygens (including phenoxy) is 1. The van der Waals surface area contributed by atoms with Crippen LogP contribution in [0.1, 0.15) is 58.6 Å². The third-order valence-corrected chi connectivity index (χ3v) is 11.2. The molecule has 0 bridgehead atoms. The largest absolute Gasteiger partial charge is 0.508 e. The summed E-state index contributed by atoms with van der Waals surface area (Å²) in [4.78, 5) is 21.8. The molecule has 2 atom stereocenters. The van der Waals surface area contributed by atoms with Gasteiger partial charge in [0.2, 0.25) is 0 Å². The number of carbonyl (C=O) groups excluding carboxylic acids is 1. The van der Waals surface area contributed by atoms with Crippen LogP contribution in [-0.4, -0.2) is 80.3 Å². The van der Waals surface area contributed by atoms with E-state index in [9.17, 15) is 9.90 Å². The number of allylic oxidation sites excluding steroid dienone is 3. The first-order chi connectivity index (χ1) is 23.0. The van der Waals surface area contributed by atoms with Crippen molar-refractivity contribution < 1.29 is 14.6 Å². The molecule has 7 heteroatoms. The van der Waals surface area contributed by atoms with Gasteiger partial charge in [-0.15, -0.1) is 0 Å². The summed E-state index contributed by atoms with van der Waals surface area (Å²) in [6.45, 7) is 9.02. The van der Waals surface area contributed by atoms with Gasteiger partial charge in [-0.2, -0.15) is 0 Å². The first-order valence-corrected chi connectivity index (χ1v) is 17.5. The second kappa shape index (κ2) is 12.8. The van der Waals surface area contributed by atoms with Gasteiger partial charge in [0.1, 0.15) is 11.5 Å². The number of amides is 1. The number of fused-ring (bicyclic) bond motifs is 2. The van der Waals surface area contributed by atoms with Crippen LogP contribution in [0.3, 0.4) is 0 Å². The molecule has 244 valence electrons. The molecule has 3 aromatic carbocycles. The monoisotopic (exact) mass is 630 g/mol. The first kappa shape index (κ1) is 30.1. The number of phenolic OH excluding ortho intramolecular Hbond substituents is 1. The number of hydrogen-bond acceptors (Lipinski definition) is 6. The molecule has 1 aliphatic carbocycles. The van der Waals surface area contributed by atoms with Crippen LogP contribution in [0.25, 0.3) is 0 Å². The number of piperidine rings is 1. The molecular formula is C40H46N4O3. The van der Waals surface area contributed by atoms with Crippen LogP contribution >= 0.6 is 0 Å². The van der Waals surface area contributed by atoms with Crippen molar-refractivity contribution >= 4 is 17.3 Å². The second-order valence-corrected chi connectivity index (χ2v) is 14.1. The topological polar surface area (TPSA) is 59.5 Å². The number of piperazine rings is 1. The zero-order chi connectivity index (χ0) is 31.9. The molecule has 0 saturated carbocycles. The van der Waals surface area contributed by atoms with Crippen LogP contribution in [0.5, 0.6) is 11.5 Å². The summed E-state index contributed by atoms with van der Waals surface area (Å²) >= 11 is 0. The lowest BCUT2D eigenvalue weighted by atomic mass is 9.74.